The maximum absolute atomic E-state index is 6.77. The minimum atomic E-state index is 0.610. The van der Waals surface area contributed by atoms with Crippen molar-refractivity contribution in [1.29, 1.82) is 0 Å². The molecule has 48 heavy (non-hydrogen) atoms. The zero-order chi connectivity index (χ0) is 31.6. The molecule has 0 aliphatic carbocycles. The maximum Gasteiger partial charge on any atom is 0.164 e. The van der Waals surface area contributed by atoms with E-state index in [0.29, 0.717) is 17.5 Å². The van der Waals surface area contributed by atoms with E-state index >= 15 is 0 Å². The standard InChI is InChI=1S/C43H25N3OS/c1-3-12-26(13-4-1)41-44-42(27-14-5-2-6-15-27)46-43(45-41)33-21-10-22-35-38(33)32-20-9-19-31(40(32)47-35)30-18-11-23-36-39(30)34-24-28-16-7-8-17-29(28)25-37(34)48-36/h1-25H. The Morgan fingerprint density at radius 3 is 1.77 bits per heavy atom. The summed E-state index contributed by atoms with van der Waals surface area (Å²) in [5.74, 6) is 1.88. The van der Waals surface area contributed by atoms with Crippen LogP contribution in [0.4, 0.5) is 0 Å². The normalized spacial score (nSPS) is 11.8. The molecule has 0 aliphatic heterocycles. The lowest BCUT2D eigenvalue weighted by Crippen LogP contribution is -2.00. The maximum atomic E-state index is 6.77. The molecule has 3 heterocycles. The Morgan fingerprint density at radius 1 is 0.417 bits per heavy atom. The van der Waals surface area contributed by atoms with Crippen LogP contribution in [0.1, 0.15) is 0 Å². The number of nitrogens with zero attached hydrogens (tertiary/aromatic N) is 3. The Morgan fingerprint density at radius 2 is 1.02 bits per heavy atom. The van der Waals surface area contributed by atoms with E-state index in [0.717, 1.165) is 49.8 Å². The van der Waals surface area contributed by atoms with Gasteiger partial charge in [0.1, 0.15) is 11.2 Å². The number of benzene rings is 7. The van der Waals surface area contributed by atoms with Crippen LogP contribution in [0.3, 0.4) is 0 Å². The first-order valence-electron chi connectivity index (χ1n) is 15.9. The molecule has 0 radical (unpaired) electrons. The van der Waals surface area contributed by atoms with Gasteiger partial charge in [0.05, 0.1) is 0 Å². The first kappa shape index (κ1) is 27.0. The van der Waals surface area contributed by atoms with Crippen LogP contribution in [-0.4, -0.2) is 15.0 Å². The first-order valence-corrected chi connectivity index (χ1v) is 16.8. The SMILES string of the molecule is c1ccc(-c2nc(-c3ccccc3)nc(-c3cccc4oc5c(-c6cccc7sc8cc9ccccc9cc8c67)cccc5c34)n2)cc1. The number of fused-ring (bicyclic) bond motifs is 7. The molecule has 3 aromatic heterocycles. The van der Waals surface area contributed by atoms with Gasteiger partial charge in [-0.2, -0.15) is 0 Å². The molecule has 0 amide bonds. The Hall–Kier alpha value is -6.17. The summed E-state index contributed by atoms with van der Waals surface area (Å²) >= 11 is 1.84. The smallest absolute Gasteiger partial charge is 0.164 e. The van der Waals surface area contributed by atoms with Gasteiger partial charge in [0.2, 0.25) is 0 Å². The zero-order valence-electron chi connectivity index (χ0n) is 25.6. The predicted octanol–water partition coefficient (Wildman–Crippen LogP) is 12.0. The first-order chi connectivity index (χ1) is 23.8. The highest BCUT2D eigenvalue weighted by atomic mass is 32.1. The van der Waals surface area contributed by atoms with E-state index in [1.165, 1.54) is 30.9 Å². The van der Waals surface area contributed by atoms with Crippen LogP contribution >= 0.6 is 11.3 Å². The molecular formula is C43H25N3OS. The molecule has 0 N–H and O–H groups in total. The van der Waals surface area contributed by atoms with Gasteiger partial charge in [0.25, 0.3) is 0 Å². The number of hydrogen-bond donors (Lipinski definition) is 0. The van der Waals surface area contributed by atoms with Gasteiger partial charge in [-0.15, -0.1) is 11.3 Å². The number of thiophene rings is 1. The monoisotopic (exact) mass is 631 g/mol. The summed E-state index contributed by atoms with van der Waals surface area (Å²) in [7, 11) is 0. The van der Waals surface area contributed by atoms with Gasteiger partial charge >= 0.3 is 0 Å². The third-order valence-corrected chi connectivity index (χ3v) is 10.2. The molecule has 7 aromatic carbocycles. The van der Waals surface area contributed by atoms with Crippen LogP contribution in [0.25, 0.3) is 98.2 Å². The molecule has 0 saturated heterocycles. The minimum absolute atomic E-state index is 0.610. The van der Waals surface area contributed by atoms with Crippen LogP contribution in [0.5, 0.6) is 0 Å². The Balaban J connectivity index is 1.22. The summed E-state index contributed by atoms with van der Waals surface area (Å²) in [5, 5.41) is 7.05. The number of aromatic nitrogens is 3. The zero-order valence-corrected chi connectivity index (χ0v) is 26.4. The Kier molecular flexibility index (Phi) is 6.01. The second-order valence-corrected chi connectivity index (χ2v) is 13.1. The van der Waals surface area contributed by atoms with E-state index in [4.69, 9.17) is 19.4 Å². The fourth-order valence-corrected chi connectivity index (χ4v) is 8.07. The van der Waals surface area contributed by atoms with E-state index < -0.39 is 0 Å². The van der Waals surface area contributed by atoms with Gasteiger partial charge in [-0.25, -0.2) is 15.0 Å². The second-order valence-electron chi connectivity index (χ2n) is 12.0. The fourth-order valence-electron chi connectivity index (χ4n) is 6.91. The van der Waals surface area contributed by atoms with Crippen molar-refractivity contribution in [3.05, 3.63) is 152 Å². The van der Waals surface area contributed by atoms with Gasteiger partial charge in [0, 0.05) is 53.2 Å². The number of para-hydroxylation sites is 1. The molecule has 0 atom stereocenters. The Labute approximate surface area is 279 Å². The quantitative estimate of drug-likeness (QED) is 0.194. The lowest BCUT2D eigenvalue weighted by Gasteiger charge is -2.09. The van der Waals surface area contributed by atoms with Gasteiger partial charge in [0.15, 0.2) is 17.5 Å². The number of hydrogen-bond acceptors (Lipinski definition) is 5. The molecule has 0 fully saturated rings. The van der Waals surface area contributed by atoms with E-state index in [9.17, 15) is 0 Å². The van der Waals surface area contributed by atoms with Gasteiger partial charge < -0.3 is 4.42 Å². The van der Waals surface area contributed by atoms with Crippen LogP contribution in [-0.2, 0) is 0 Å². The van der Waals surface area contributed by atoms with Crippen LogP contribution in [0.15, 0.2) is 156 Å². The topological polar surface area (TPSA) is 51.8 Å². The fraction of sp³-hybridized carbons (Fsp3) is 0. The van der Waals surface area contributed by atoms with Gasteiger partial charge in [-0.1, -0.05) is 127 Å². The van der Waals surface area contributed by atoms with Crippen molar-refractivity contribution in [2.45, 2.75) is 0 Å². The van der Waals surface area contributed by atoms with E-state index in [2.05, 4.69) is 78.9 Å². The highest BCUT2D eigenvalue weighted by Crippen LogP contribution is 2.45. The summed E-state index contributed by atoms with van der Waals surface area (Å²) in [6.07, 6.45) is 0. The summed E-state index contributed by atoms with van der Waals surface area (Å²) < 4.78 is 9.32. The van der Waals surface area contributed by atoms with Crippen molar-refractivity contribution < 1.29 is 4.42 Å². The van der Waals surface area contributed by atoms with Crippen molar-refractivity contribution in [3.63, 3.8) is 0 Å². The van der Waals surface area contributed by atoms with Crippen LogP contribution < -0.4 is 0 Å². The summed E-state index contributed by atoms with van der Waals surface area (Å²) in [4.78, 5) is 15.0. The third-order valence-electron chi connectivity index (χ3n) is 9.12. The highest BCUT2D eigenvalue weighted by Gasteiger charge is 2.21. The van der Waals surface area contributed by atoms with Crippen molar-refractivity contribution in [1.82, 2.24) is 15.0 Å². The molecule has 10 rings (SSSR count). The molecule has 224 valence electrons. The summed E-state index contributed by atoms with van der Waals surface area (Å²) in [6, 6.07) is 52.6. The van der Waals surface area contributed by atoms with Crippen LogP contribution in [0, 0.1) is 0 Å². The molecule has 10 aromatic rings. The molecule has 5 heteroatoms. The molecule has 0 bridgehead atoms. The molecule has 4 nitrogen and oxygen atoms in total. The largest absolute Gasteiger partial charge is 0.455 e. The molecule has 0 unspecified atom stereocenters. The van der Waals surface area contributed by atoms with Crippen molar-refractivity contribution in [3.8, 4) is 45.3 Å². The van der Waals surface area contributed by atoms with Gasteiger partial charge in [-0.3, -0.25) is 0 Å². The lowest BCUT2D eigenvalue weighted by atomic mass is 9.96. The van der Waals surface area contributed by atoms with E-state index in [-0.39, 0.29) is 0 Å². The highest BCUT2D eigenvalue weighted by molar-refractivity contribution is 7.26. The average molecular weight is 632 g/mol. The molecular weight excluding hydrogens is 607 g/mol. The van der Waals surface area contributed by atoms with E-state index in [1.807, 2.05) is 84.1 Å². The summed E-state index contributed by atoms with van der Waals surface area (Å²) in [5.41, 5.74) is 6.67. The Bertz CT molecular complexity index is 2780. The average Bonchev–Trinajstić information content (AvgIpc) is 3.72. The third kappa shape index (κ3) is 4.25. The van der Waals surface area contributed by atoms with Gasteiger partial charge in [-0.05, 0) is 40.6 Å². The van der Waals surface area contributed by atoms with Crippen molar-refractivity contribution in [2.75, 3.05) is 0 Å². The minimum Gasteiger partial charge on any atom is -0.455 e. The van der Waals surface area contributed by atoms with Crippen LogP contribution in [0.2, 0.25) is 0 Å². The predicted molar refractivity (Wildman–Crippen MR) is 199 cm³/mol. The molecule has 0 spiro atoms. The van der Waals surface area contributed by atoms with E-state index in [1.54, 1.807) is 0 Å². The van der Waals surface area contributed by atoms with Crippen molar-refractivity contribution in [2.24, 2.45) is 0 Å². The second kappa shape index (κ2) is 10.7. The lowest BCUT2D eigenvalue weighted by molar-refractivity contribution is 0.670. The number of furan rings is 1. The summed E-state index contributed by atoms with van der Waals surface area (Å²) in [6.45, 7) is 0. The number of rotatable bonds is 4. The van der Waals surface area contributed by atoms with Crippen molar-refractivity contribution >= 4 is 64.2 Å². The molecule has 0 aliphatic rings. The molecule has 0 saturated carbocycles.